The first kappa shape index (κ1) is 16.4. The second-order valence-corrected chi connectivity index (χ2v) is 6.40. The van der Waals surface area contributed by atoms with Gasteiger partial charge in [-0.15, -0.1) is 5.10 Å². The van der Waals surface area contributed by atoms with E-state index in [1.807, 2.05) is 31.2 Å². The van der Waals surface area contributed by atoms with Gasteiger partial charge < -0.3 is 9.84 Å². The minimum absolute atomic E-state index is 0.127. The third kappa shape index (κ3) is 3.32. The second-order valence-electron chi connectivity index (χ2n) is 6.40. The lowest BCUT2D eigenvalue weighted by Gasteiger charge is -2.12. The molecule has 3 aromatic rings. The zero-order valence-electron chi connectivity index (χ0n) is 14.4. The highest BCUT2D eigenvalue weighted by Gasteiger charge is 2.28. The number of aromatic nitrogens is 6. The Hall–Kier alpha value is -3.10. The Labute approximate surface area is 149 Å². The fourth-order valence-electron chi connectivity index (χ4n) is 3.04. The summed E-state index contributed by atoms with van der Waals surface area (Å²) >= 11 is 0. The molecule has 1 aromatic carbocycles. The first-order valence-electron chi connectivity index (χ1n) is 8.64. The van der Waals surface area contributed by atoms with Crippen LogP contribution in [0.25, 0.3) is 11.4 Å². The van der Waals surface area contributed by atoms with Gasteiger partial charge in [0.15, 0.2) is 5.82 Å². The number of nitrogens with one attached hydrogen (secondary N) is 1. The van der Waals surface area contributed by atoms with Gasteiger partial charge in [0.2, 0.25) is 17.6 Å². The molecule has 0 unspecified atom stereocenters. The van der Waals surface area contributed by atoms with Crippen molar-refractivity contribution in [3.05, 3.63) is 41.5 Å². The van der Waals surface area contributed by atoms with Crippen LogP contribution in [0.3, 0.4) is 0 Å². The fraction of sp³-hybridized carbons (Fsp3) is 0.412. The zero-order chi connectivity index (χ0) is 17.9. The molecule has 9 nitrogen and oxygen atoms in total. The predicted molar refractivity (Wildman–Crippen MR) is 90.7 cm³/mol. The van der Waals surface area contributed by atoms with Crippen molar-refractivity contribution in [1.82, 2.24) is 35.7 Å². The number of carbonyl (C=O) groups excluding carboxylic acids is 1. The van der Waals surface area contributed by atoms with Crippen LogP contribution in [0.1, 0.15) is 42.5 Å². The second kappa shape index (κ2) is 7.03. The summed E-state index contributed by atoms with van der Waals surface area (Å²) in [5.41, 5.74) is 2.04. The lowest BCUT2D eigenvalue weighted by Crippen LogP contribution is -2.30. The smallest absolute Gasteiger partial charge is 0.246 e. The van der Waals surface area contributed by atoms with Crippen LogP contribution in [0.4, 0.5) is 0 Å². The minimum atomic E-state index is -0.355. The van der Waals surface area contributed by atoms with E-state index in [4.69, 9.17) is 4.52 Å². The molecule has 1 aliphatic heterocycles. The number of aryl methyl sites for hydroxylation is 2. The van der Waals surface area contributed by atoms with Crippen LogP contribution < -0.4 is 5.32 Å². The average molecular weight is 353 g/mol. The minimum Gasteiger partial charge on any atom is -0.346 e. The summed E-state index contributed by atoms with van der Waals surface area (Å²) in [6.45, 7) is 2.94. The van der Waals surface area contributed by atoms with E-state index in [9.17, 15) is 4.79 Å². The molecule has 26 heavy (non-hydrogen) atoms. The molecule has 0 fully saturated rings. The Kier molecular flexibility index (Phi) is 4.42. The maximum absolute atomic E-state index is 12.6. The molecule has 2 aromatic heterocycles. The number of hydrogen-bond donors (Lipinski definition) is 1. The molecule has 0 saturated carbocycles. The van der Waals surface area contributed by atoms with E-state index < -0.39 is 0 Å². The van der Waals surface area contributed by atoms with E-state index in [1.54, 1.807) is 4.68 Å². The molecule has 0 bridgehead atoms. The molecule has 9 heteroatoms. The van der Waals surface area contributed by atoms with E-state index in [-0.39, 0.29) is 18.4 Å². The maximum Gasteiger partial charge on any atom is 0.246 e. The van der Waals surface area contributed by atoms with Crippen molar-refractivity contribution in [2.24, 2.45) is 0 Å². The van der Waals surface area contributed by atoms with Crippen molar-refractivity contribution < 1.29 is 9.32 Å². The Morgan fingerprint density at radius 3 is 3.00 bits per heavy atom. The van der Waals surface area contributed by atoms with Gasteiger partial charge in [-0.2, -0.15) is 4.98 Å². The number of nitrogens with zero attached hydrogens (tertiary/aromatic N) is 6. The van der Waals surface area contributed by atoms with Gasteiger partial charge in [0.1, 0.15) is 0 Å². The number of carbonyl (C=O) groups is 1. The molecule has 3 heterocycles. The Morgan fingerprint density at radius 2 is 2.15 bits per heavy atom. The molecule has 0 radical (unpaired) electrons. The van der Waals surface area contributed by atoms with E-state index >= 15 is 0 Å². The molecule has 0 saturated heterocycles. The molecule has 1 aliphatic rings. The first-order valence-corrected chi connectivity index (χ1v) is 8.64. The van der Waals surface area contributed by atoms with Crippen molar-refractivity contribution in [2.45, 2.75) is 45.2 Å². The van der Waals surface area contributed by atoms with Crippen LogP contribution in [-0.4, -0.2) is 36.3 Å². The number of rotatable bonds is 4. The lowest BCUT2D eigenvalue weighted by atomic mass is 10.0. The molecule has 0 spiro atoms. The van der Waals surface area contributed by atoms with Crippen molar-refractivity contribution in [3.63, 3.8) is 0 Å². The summed E-state index contributed by atoms with van der Waals surface area (Å²) in [4.78, 5) is 16.9. The predicted octanol–water partition coefficient (Wildman–Crippen LogP) is 1.62. The van der Waals surface area contributed by atoms with Crippen LogP contribution in [-0.2, 0) is 17.9 Å². The highest BCUT2D eigenvalue weighted by atomic mass is 16.5. The number of fused-ring (bicyclic) bond motifs is 1. The summed E-state index contributed by atoms with van der Waals surface area (Å²) in [5, 5.41) is 18.5. The van der Waals surface area contributed by atoms with Gasteiger partial charge in [-0.05, 0) is 30.2 Å². The van der Waals surface area contributed by atoms with Gasteiger partial charge in [0, 0.05) is 12.1 Å². The molecule has 1 atom stereocenters. The van der Waals surface area contributed by atoms with Gasteiger partial charge in [-0.1, -0.05) is 41.4 Å². The van der Waals surface area contributed by atoms with Crippen molar-refractivity contribution in [3.8, 4) is 11.4 Å². The van der Waals surface area contributed by atoms with Crippen LogP contribution in [0.2, 0.25) is 0 Å². The maximum atomic E-state index is 12.6. The van der Waals surface area contributed by atoms with Crippen LogP contribution >= 0.6 is 0 Å². The Morgan fingerprint density at radius 1 is 1.31 bits per heavy atom. The van der Waals surface area contributed by atoms with E-state index in [0.29, 0.717) is 17.5 Å². The van der Waals surface area contributed by atoms with Crippen LogP contribution in [0, 0.1) is 6.92 Å². The van der Waals surface area contributed by atoms with E-state index in [1.165, 1.54) is 0 Å². The average Bonchev–Trinajstić information content (AvgIpc) is 3.26. The molecule has 4 rings (SSSR count). The fourth-order valence-corrected chi connectivity index (χ4v) is 3.04. The Bertz CT molecular complexity index is 900. The third-order valence-electron chi connectivity index (χ3n) is 4.49. The largest absolute Gasteiger partial charge is 0.346 e. The standard InChI is InChI=1S/C17H19N7O2/c1-11-5-7-12(8-6-11)15-19-14(26-21-15)10-18-17(25)13-4-2-3-9-24-16(13)20-22-23-24/h5-8,13H,2-4,9-10H2,1H3,(H,18,25)/t13-/m1/s1. The number of hydrogen-bond acceptors (Lipinski definition) is 7. The Balaban J connectivity index is 1.42. The van der Waals surface area contributed by atoms with Crippen LogP contribution in [0.15, 0.2) is 28.8 Å². The SMILES string of the molecule is Cc1ccc(-c2noc(CNC(=O)[C@@H]3CCCCn4nnnc43)n2)cc1. The molecule has 1 amide bonds. The normalized spacial score (nSPS) is 16.7. The summed E-state index contributed by atoms with van der Waals surface area (Å²) in [5.74, 6) is 1.01. The number of benzene rings is 1. The lowest BCUT2D eigenvalue weighted by molar-refractivity contribution is -0.123. The highest BCUT2D eigenvalue weighted by molar-refractivity contribution is 5.82. The summed E-state index contributed by atoms with van der Waals surface area (Å²) < 4.78 is 6.95. The first-order chi connectivity index (χ1) is 12.7. The van der Waals surface area contributed by atoms with Gasteiger partial charge in [-0.25, -0.2) is 4.68 Å². The zero-order valence-corrected chi connectivity index (χ0v) is 14.4. The van der Waals surface area contributed by atoms with Gasteiger partial charge in [0.25, 0.3) is 0 Å². The molecule has 134 valence electrons. The van der Waals surface area contributed by atoms with Gasteiger partial charge >= 0.3 is 0 Å². The molecule has 0 aliphatic carbocycles. The topological polar surface area (TPSA) is 112 Å². The van der Waals surface area contributed by atoms with Crippen molar-refractivity contribution in [1.29, 1.82) is 0 Å². The molecular formula is C17H19N7O2. The van der Waals surface area contributed by atoms with Crippen molar-refractivity contribution in [2.75, 3.05) is 0 Å². The number of tetrazole rings is 1. The number of amides is 1. The van der Waals surface area contributed by atoms with Crippen LogP contribution in [0.5, 0.6) is 0 Å². The van der Waals surface area contributed by atoms with E-state index in [2.05, 4.69) is 31.0 Å². The monoisotopic (exact) mass is 353 g/mol. The van der Waals surface area contributed by atoms with Gasteiger partial charge in [0.05, 0.1) is 12.5 Å². The van der Waals surface area contributed by atoms with E-state index in [0.717, 1.165) is 36.9 Å². The van der Waals surface area contributed by atoms with Crippen molar-refractivity contribution >= 4 is 5.91 Å². The highest BCUT2D eigenvalue weighted by Crippen LogP contribution is 2.24. The summed E-state index contributed by atoms with van der Waals surface area (Å²) in [6, 6.07) is 7.86. The quantitative estimate of drug-likeness (QED) is 0.758. The third-order valence-corrected chi connectivity index (χ3v) is 4.49. The molecule has 1 N–H and O–H groups in total. The summed E-state index contributed by atoms with van der Waals surface area (Å²) in [6.07, 6.45) is 2.64. The molecular weight excluding hydrogens is 334 g/mol. The van der Waals surface area contributed by atoms with Gasteiger partial charge in [-0.3, -0.25) is 4.79 Å². The summed E-state index contributed by atoms with van der Waals surface area (Å²) in [7, 11) is 0.